The van der Waals surface area contributed by atoms with Crippen LogP contribution in [0.3, 0.4) is 0 Å². The summed E-state index contributed by atoms with van der Waals surface area (Å²) < 4.78 is 0. The molecular weight excluding hydrogens is 252 g/mol. The average molecular weight is 269 g/mol. The number of phenolic OH excluding ortho intramolecular Hbond substituents is 1. The molecule has 1 amide bonds. The van der Waals surface area contributed by atoms with Crippen molar-refractivity contribution < 1.29 is 9.90 Å². The van der Waals surface area contributed by atoms with Gasteiger partial charge in [-0.2, -0.15) is 0 Å². The summed E-state index contributed by atoms with van der Waals surface area (Å²) in [6.07, 6.45) is 3.34. The maximum Gasteiger partial charge on any atom is 0.251 e. The second-order valence-corrected chi connectivity index (χ2v) is 4.91. The number of benzene rings is 1. The zero-order chi connectivity index (χ0) is 13.0. The highest BCUT2D eigenvalue weighted by Gasteiger charge is 2.14. The van der Waals surface area contributed by atoms with Gasteiger partial charge in [0, 0.05) is 18.2 Å². The molecule has 0 radical (unpaired) electrons. The van der Waals surface area contributed by atoms with E-state index in [0.717, 1.165) is 13.0 Å². The average Bonchev–Trinajstić information content (AvgIpc) is 2.85. The highest BCUT2D eigenvalue weighted by Crippen LogP contribution is 2.23. The molecule has 0 unspecified atom stereocenters. The minimum absolute atomic E-state index is 0.0108. The smallest absolute Gasteiger partial charge is 0.251 e. The third-order valence-corrected chi connectivity index (χ3v) is 3.45. The SMILES string of the molecule is O=C(NCC[C@@H]1CCCN1)c1ccc(O)c(Cl)c1. The first kappa shape index (κ1) is 13.2. The number of hydrogen-bond acceptors (Lipinski definition) is 3. The third-order valence-electron chi connectivity index (χ3n) is 3.15. The summed E-state index contributed by atoms with van der Waals surface area (Å²) >= 11 is 5.76. The van der Waals surface area contributed by atoms with Crippen LogP contribution in [0.4, 0.5) is 0 Å². The van der Waals surface area contributed by atoms with Crippen LogP contribution in [-0.4, -0.2) is 30.1 Å². The van der Waals surface area contributed by atoms with E-state index in [1.54, 1.807) is 6.07 Å². The quantitative estimate of drug-likeness (QED) is 0.782. The van der Waals surface area contributed by atoms with Gasteiger partial charge in [0.25, 0.3) is 5.91 Å². The van der Waals surface area contributed by atoms with Gasteiger partial charge in [-0.15, -0.1) is 0 Å². The standard InChI is InChI=1S/C13H17ClN2O2/c14-11-8-9(3-4-12(11)17)13(18)16-7-5-10-2-1-6-15-10/h3-4,8,10,15,17H,1-2,5-7H2,(H,16,18)/t10-/m0/s1. The highest BCUT2D eigenvalue weighted by molar-refractivity contribution is 6.32. The topological polar surface area (TPSA) is 61.4 Å². The van der Waals surface area contributed by atoms with Crippen molar-refractivity contribution in [3.63, 3.8) is 0 Å². The first-order chi connectivity index (χ1) is 8.66. The van der Waals surface area contributed by atoms with Gasteiger partial charge in [0.05, 0.1) is 5.02 Å². The Balaban J connectivity index is 1.81. The fourth-order valence-corrected chi connectivity index (χ4v) is 2.29. The van der Waals surface area contributed by atoms with E-state index >= 15 is 0 Å². The third kappa shape index (κ3) is 3.37. The second kappa shape index (κ2) is 6.07. The van der Waals surface area contributed by atoms with Crippen LogP contribution >= 0.6 is 11.6 Å². The number of amides is 1. The summed E-state index contributed by atoms with van der Waals surface area (Å²) in [7, 11) is 0. The summed E-state index contributed by atoms with van der Waals surface area (Å²) in [6, 6.07) is 4.98. The molecule has 1 aliphatic heterocycles. The lowest BCUT2D eigenvalue weighted by atomic mass is 10.1. The Hall–Kier alpha value is -1.26. The number of carbonyl (C=O) groups is 1. The lowest BCUT2D eigenvalue weighted by Gasteiger charge is -2.11. The molecule has 1 aromatic carbocycles. The molecule has 1 heterocycles. The lowest BCUT2D eigenvalue weighted by molar-refractivity contribution is 0.0952. The number of carbonyl (C=O) groups excluding carboxylic acids is 1. The molecule has 0 bridgehead atoms. The van der Waals surface area contributed by atoms with Gasteiger partial charge >= 0.3 is 0 Å². The van der Waals surface area contributed by atoms with Crippen LogP contribution in [0.25, 0.3) is 0 Å². The Morgan fingerprint density at radius 2 is 2.39 bits per heavy atom. The molecule has 5 heteroatoms. The van der Waals surface area contributed by atoms with Crippen LogP contribution in [0.1, 0.15) is 29.6 Å². The molecular formula is C13H17ClN2O2. The van der Waals surface area contributed by atoms with Crippen molar-refractivity contribution in [2.45, 2.75) is 25.3 Å². The molecule has 1 aromatic rings. The van der Waals surface area contributed by atoms with Crippen molar-refractivity contribution in [3.8, 4) is 5.75 Å². The minimum Gasteiger partial charge on any atom is -0.506 e. The van der Waals surface area contributed by atoms with Crippen molar-refractivity contribution in [1.82, 2.24) is 10.6 Å². The molecule has 0 spiro atoms. The van der Waals surface area contributed by atoms with Crippen LogP contribution in [-0.2, 0) is 0 Å². The highest BCUT2D eigenvalue weighted by atomic mass is 35.5. The van der Waals surface area contributed by atoms with E-state index in [2.05, 4.69) is 10.6 Å². The molecule has 1 saturated heterocycles. The van der Waals surface area contributed by atoms with Gasteiger partial charge in [0.1, 0.15) is 5.75 Å². The van der Waals surface area contributed by atoms with Gasteiger partial charge in [0.15, 0.2) is 0 Å². The number of phenols is 1. The first-order valence-corrected chi connectivity index (χ1v) is 6.54. The number of halogens is 1. The number of hydrogen-bond donors (Lipinski definition) is 3. The predicted octanol–water partition coefficient (Wildman–Crippen LogP) is 1.92. The molecule has 18 heavy (non-hydrogen) atoms. The Bertz CT molecular complexity index is 431. The first-order valence-electron chi connectivity index (χ1n) is 6.17. The van der Waals surface area contributed by atoms with E-state index in [-0.39, 0.29) is 16.7 Å². The molecule has 0 aliphatic carbocycles. The Labute approximate surface area is 111 Å². The van der Waals surface area contributed by atoms with E-state index in [0.29, 0.717) is 18.2 Å². The molecule has 98 valence electrons. The van der Waals surface area contributed by atoms with Crippen molar-refractivity contribution in [3.05, 3.63) is 28.8 Å². The van der Waals surface area contributed by atoms with E-state index in [9.17, 15) is 9.90 Å². The Morgan fingerprint density at radius 3 is 3.06 bits per heavy atom. The van der Waals surface area contributed by atoms with Crippen molar-refractivity contribution in [2.75, 3.05) is 13.1 Å². The fourth-order valence-electron chi connectivity index (χ4n) is 2.11. The molecule has 3 N–H and O–H groups in total. The molecule has 1 atom stereocenters. The molecule has 0 aromatic heterocycles. The lowest BCUT2D eigenvalue weighted by Crippen LogP contribution is -2.30. The largest absolute Gasteiger partial charge is 0.506 e. The van der Waals surface area contributed by atoms with Gasteiger partial charge < -0.3 is 15.7 Å². The maximum absolute atomic E-state index is 11.8. The van der Waals surface area contributed by atoms with Crippen LogP contribution in [0, 0.1) is 0 Å². The number of nitrogens with one attached hydrogen (secondary N) is 2. The van der Waals surface area contributed by atoms with E-state index in [4.69, 9.17) is 11.6 Å². The maximum atomic E-state index is 11.8. The predicted molar refractivity (Wildman–Crippen MR) is 71.1 cm³/mol. The van der Waals surface area contributed by atoms with Crippen LogP contribution in [0.15, 0.2) is 18.2 Å². The van der Waals surface area contributed by atoms with Gasteiger partial charge in [-0.3, -0.25) is 4.79 Å². The van der Waals surface area contributed by atoms with E-state index < -0.39 is 0 Å². The monoisotopic (exact) mass is 268 g/mol. The fraction of sp³-hybridized carbons (Fsp3) is 0.462. The Morgan fingerprint density at radius 1 is 1.56 bits per heavy atom. The van der Waals surface area contributed by atoms with Gasteiger partial charge in [-0.05, 0) is 44.0 Å². The molecule has 4 nitrogen and oxygen atoms in total. The molecule has 0 saturated carbocycles. The van der Waals surface area contributed by atoms with Gasteiger partial charge in [-0.1, -0.05) is 11.6 Å². The molecule has 1 fully saturated rings. The van der Waals surface area contributed by atoms with E-state index in [1.807, 2.05) is 0 Å². The Kier molecular flexibility index (Phi) is 4.44. The second-order valence-electron chi connectivity index (χ2n) is 4.50. The summed E-state index contributed by atoms with van der Waals surface area (Å²) in [5.41, 5.74) is 0.470. The van der Waals surface area contributed by atoms with Crippen LogP contribution in [0.2, 0.25) is 5.02 Å². The van der Waals surface area contributed by atoms with Crippen molar-refractivity contribution in [1.29, 1.82) is 0 Å². The zero-order valence-electron chi connectivity index (χ0n) is 10.1. The van der Waals surface area contributed by atoms with E-state index in [1.165, 1.54) is 25.0 Å². The molecule has 1 aliphatic rings. The zero-order valence-corrected chi connectivity index (χ0v) is 10.8. The van der Waals surface area contributed by atoms with Crippen molar-refractivity contribution in [2.24, 2.45) is 0 Å². The number of rotatable bonds is 4. The summed E-state index contributed by atoms with van der Waals surface area (Å²) in [4.78, 5) is 11.8. The van der Waals surface area contributed by atoms with Crippen LogP contribution in [0.5, 0.6) is 5.75 Å². The summed E-state index contributed by atoms with van der Waals surface area (Å²) in [6.45, 7) is 1.72. The molecule has 2 rings (SSSR count). The van der Waals surface area contributed by atoms with Crippen LogP contribution < -0.4 is 10.6 Å². The minimum atomic E-state index is -0.158. The van der Waals surface area contributed by atoms with Gasteiger partial charge in [-0.25, -0.2) is 0 Å². The number of aromatic hydroxyl groups is 1. The normalized spacial score (nSPS) is 18.8. The van der Waals surface area contributed by atoms with Crippen molar-refractivity contribution >= 4 is 17.5 Å². The summed E-state index contributed by atoms with van der Waals surface area (Å²) in [5.74, 6) is -0.168. The van der Waals surface area contributed by atoms with Gasteiger partial charge in [0.2, 0.25) is 0 Å². The summed E-state index contributed by atoms with van der Waals surface area (Å²) in [5, 5.41) is 15.7.